The first kappa shape index (κ1) is 10.7. The second kappa shape index (κ2) is 3.90. The summed E-state index contributed by atoms with van der Waals surface area (Å²) in [5.41, 5.74) is 5.79. The average molecular weight is 250 g/mol. The van der Waals surface area contributed by atoms with Crippen molar-refractivity contribution in [2.75, 3.05) is 0 Å². The van der Waals surface area contributed by atoms with Gasteiger partial charge in [0.25, 0.3) is 0 Å². The largest absolute Gasteiger partial charge is 0.312 e. The Kier molecular flexibility index (Phi) is 2.19. The van der Waals surface area contributed by atoms with Crippen LogP contribution in [0.1, 0.15) is 11.1 Å². The number of rotatable bonds is 1. The van der Waals surface area contributed by atoms with Gasteiger partial charge >= 0.3 is 0 Å². The van der Waals surface area contributed by atoms with Gasteiger partial charge < -0.3 is 9.88 Å². The highest BCUT2D eigenvalue weighted by atomic mass is 15.1. The lowest BCUT2D eigenvalue weighted by Gasteiger charge is -2.04. The van der Waals surface area contributed by atoms with Gasteiger partial charge in [0.1, 0.15) is 11.3 Å². The molecule has 0 saturated heterocycles. The van der Waals surface area contributed by atoms with Crippen LogP contribution in [0.2, 0.25) is 0 Å². The zero-order chi connectivity index (χ0) is 12.8. The fourth-order valence-electron chi connectivity index (χ4n) is 2.72. The van der Waals surface area contributed by atoms with Gasteiger partial charge in [0.15, 0.2) is 5.65 Å². The fourth-order valence-corrected chi connectivity index (χ4v) is 2.72. The summed E-state index contributed by atoms with van der Waals surface area (Å²) in [6, 6.07) is 10.5. The third-order valence-electron chi connectivity index (χ3n) is 3.72. The Morgan fingerprint density at radius 1 is 1.16 bits per heavy atom. The average Bonchev–Trinajstić information content (AvgIpc) is 3.03. The molecule has 4 rings (SSSR count). The Labute approximate surface area is 111 Å². The van der Waals surface area contributed by atoms with Crippen molar-refractivity contribution in [1.82, 2.24) is 19.9 Å². The van der Waals surface area contributed by atoms with Crippen LogP contribution < -0.4 is 5.32 Å². The van der Waals surface area contributed by atoms with Crippen LogP contribution in [0, 0.1) is 0 Å². The van der Waals surface area contributed by atoms with E-state index in [1.54, 1.807) is 6.20 Å². The van der Waals surface area contributed by atoms with Crippen molar-refractivity contribution in [2.45, 2.75) is 13.1 Å². The molecular formula is C15H14N4. The molecule has 0 atom stereocenters. The van der Waals surface area contributed by atoms with Gasteiger partial charge in [-0.2, -0.15) is 0 Å². The van der Waals surface area contributed by atoms with E-state index in [0.717, 1.165) is 35.6 Å². The molecule has 0 saturated carbocycles. The Bertz CT molecular complexity index is 773. The molecule has 0 fully saturated rings. The van der Waals surface area contributed by atoms with Crippen molar-refractivity contribution in [3.05, 3.63) is 47.7 Å². The van der Waals surface area contributed by atoms with Gasteiger partial charge in [-0.15, -0.1) is 0 Å². The number of imidazole rings is 1. The maximum atomic E-state index is 4.69. The van der Waals surface area contributed by atoms with E-state index in [1.807, 2.05) is 19.2 Å². The maximum absolute atomic E-state index is 4.69. The second-order valence-corrected chi connectivity index (χ2v) is 4.93. The molecule has 0 aliphatic carbocycles. The number of hydrogen-bond acceptors (Lipinski definition) is 3. The molecule has 1 aromatic carbocycles. The van der Waals surface area contributed by atoms with Crippen molar-refractivity contribution < 1.29 is 0 Å². The van der Waals surface area contributed by atoms with Crippen LogP contribution in [-0.2, 0) is 20.1 Å². The minimum Gasteiger partial charge on any atom is -0.312 e. The van der Waals surface area contributed by atoms with E-state index < -0.39 is 0 Å². The predicted molar refractivity (Wildman–Crippen MR) is 74.5 cm³/mol. The molecule has 4 heteroatoms. The third-order valence-corrected chi connectivity index (χ3v) is 3.72. The first-order valence-electron chi connectivity index (χ1n) is 6.43. The summed E-state index contributed by atoms with van der Waals surface area (Å²) in [7, 11) is 2.02. The minimum atomic E-state index is 0.927. The first-order chi connectivity index (χ1) is 9.33. The lowest BCUT2D eigenvalue weighted by Crippen LogP contribution is -1.99. The Morgan fingerprint density at radius 3 is 2.95 bits per heavy atom. The molecule has 0 spiro atoms. The molecule has 19 heavy (non-hydrogen) atoms. The molecular weight excluding hydrogens is 236 g/mol. The minimum absolute atomic E-state index is 0.927. The number of aryl methyl sites for hydroxylation is 1. The van der Waals surface area contributed by atoms with E-state index >= 15 is 0 Å². The number of fused-ring (bicyclic) bond motifs is 2. The highest BCUT2D eigenvalue weighted by Gasteiger charge is 2.14. The van der Waals surface area contributed by atoms with Gasteiger partial charge in [-0.25, -0.2) is 9.97 Å². The van der Waals surface area contributed by atoms with Gasteiger partial charge in [-0.05, 0) is 29.3 Å². The monoisotopic (exact) mass is 250 g/mol. The smallest absolute Gasteiger partial charge is 0.159 e. The summed E-state index contributed by atoms with van der Waals surface area (Å²) in [6.45, 7) is 1.92. The van der Waals surface area contributed by atoms with E-state index in [9.17, 15) is 0 Å². The van der Waals surface area contributed by atoms with E-state index in [-0.39, 0.29) is 0 Å². The highest BCUT2D eigenvalue weighted by Crippen LogP contribution is 2.26. The molecule has 1 aliphatic rings. The second-order valence-electron chi connectivity index (χ2n) is 4.93. The van der Waals surface area contributed by atoms with Crippen LogP contribution in [-0.4, -0.2) is 14.5 Å². The Balaban J connectivity index is 1.92. The highest BCUT2D eigenvalue weighted by molar-refractivity contribution is 5.77. The SMILES string of the molecule is Cn1c(-c2ccc3c(c2)CNC3)nc2cccnc21. The fraction of sp³-hybridized carbons (Fsp3) is 0.200. The zero-order valence-corrected chi connectivity index (χ0v) is 10.7. The van der Waals surface area contributed by atoms with Crippen LogP contribution in [0.25, 0.3) is 22.6 Å². The summed E-state index contributed by atoms with van der Waals surface area (Å²) >= 11 is 0. The summed E-state index contributed by atoms with van der Waals surface area (Å²) in [5.74, 6) is 0.975. The van der Waals surface area contributed by atoms with Crippen LogP contribution in [0.15, 0.2) is 36.5 Å². The van der Waals surface area contributed by atoms with Crippen LogP contribution in [0.4, 0.5) is 0 Å². The Morgan fingerprint density at radius 2 is 2.05 bits per heavy atom. The number of pyridine rings is 1. The molecule has 3 heterocycles. The predicted octanol–water partition coefficient (Wildman–Crippen LogP) is 2.24. The molecule has 0 amide bonds. The number of hydrogen-bond donors (Lipinski definition) is 1. The molecule has 4 nitrogen and oxygen atoms in total. The van der Waals surface area contributed by atoms with Crippen molar-refractivity contribution in [2.24, 2.45) is 7.05 Å². The van der Waals surface area contributed by atoms with Gasteiger partial charge in [-0.1, -0.05) is 12.1 Å². The molecule has 3 aromatic rings. The van der Waals surface area contributed by atoms with Crippen LogP contribution in [0.3, 0.4) is 0 Å². The normalized spacial score (nSPS) is 13.9. The molecule has 2 aromatic heterocycles. The van der Waals surface area contributed by atoms with Crippen LogP contribution >= 0.6 is 0 Å². The van der Waals surface area contributed by atoms with Gasteiger partial charge in [0, 0.05) is 31.9 Å². The molecule has 0 radical (unpaired) electrons. The number of benzene rings is 1. The Hall–Kier alpha value is -2.20. The standard InChI is InChI=1S/C15H14N4/c1-19-14(18-13-3-2-6-17-15(13)19)10-4-5-11-8-16-9-12(11)7-10/h2-7,16H,8-9H2,1H3. The molecule has 94 valence electrons. The lowest BCUT2D eigenvalue weighted by atomic mass is 10.1. The number of nitrogens with one attached hydrogen (secondary N) is 1. The molecule has 1 N–H and O–H groups in total. The summed E-state index contributed by atoms with van der Waals surface area (Å²) in [5, 5.41) is 3.37. The van der Waals surface area contributed by atoms with E-state index in [1.165, 1.54) is 11.1 Å². The quantitative estimate of drug-likeness (QED) is 0.720. The van der Waals surface area contributed by atoms with Gasteiger partial charge in [-0.3, -0.25) is 0 Å². The van der Waals surface area contributed by atoms with Gasteiger partial charge in [0.2, 0.25) is 0 Å². The summed E-state index contributed by atoms with van der Waals surface area (Å²) in [4.78, 5) is 9.08. The molecule has 0 unspecified atom stereocenters. The number of nitrogens with zero attached hydrogens (tertiary/aromatic N) is 3. The van der Waals surface area contributed by atoms with E-state index in [2.05, 4.69) is 38.1 Å². The maximum Gasteiger partial charge on any atom is 0.159 e. The lowest BCUT2D eigenvalue weighted by molar-refractivity contribution is 0.765. The van der Waals surface area contributed by atoms with E-state index in [0.29, 0.717) is 0 Å². The topological polar surface area (TPSA) is 42.7 Å². The zero-order valence-electron chi connectivity index (χ0n) is 10.7. The van der Waals surface area contributed by atoms with Crippen molar-refractivity contribution in [1.29, 1.82) is 0 Å². The van der Waals surface area contributed by atoms with E-state index in [4.69, 9.17) is 0 Å². The number of aromatic nitrogens is 3. The van der Waals surface area contributed by atoms with Gasteiger partial charge in [0.05, 0.1) is 0 Å². The van der Waals surface area contributed by atoms with Crippen molar-refractivity contribution in [3.63, 3.8) is 0 Å². The van der Waals surface area contributed by atoms with Crippen LogP contribution in [0.5, 0.6) is 0 Å². The summed E-state index contributed by atoms with van der Waals surface area (Å²) < 4.78 is 2.06. The van der Waals surface area contributed by atoms with Crippen molar-refractivity contribution >= 4 is 11.2 Å². The first-order valence-corrected chi connectivity index (χ1v) is 6.43. The third kappa shape index (κ3) is 1.57. The molecule has 1 aliphatic heterocycles. The molecule has 0 bridgehead atoms. The van der Waals surface area contributed by atoms with Crippen molar-refractivity contribution in [3.8, 4) is 11.4 Å². The summed E-state index contributed by atoms with van der Waals surface area (Å²) in [6.07, 6.45) is 1.81.